The average Bonchev–Trinajstić information content (AvgIpc) is 2.74. The first-order valence-corrected chi connectivity index (χ1v) is 11.1. The molecule has 2 saturated heterocycles. The third kappa shape index (κ3) is 5.44. The van der Waals surface area contributed by atoms with Crippen molar-refractivity contribution in [2.24, 2.45) is 5.41 Å². The van der Waals surface area contributed by atoms with E-state index in [1.54, 1.807) is 18.5 Å². The standard InChI is InChI=1S/C20H29N3O4S/c1-2-26-18(25)20(14-16-6-3-4-13-27-16)7-11-23(12-8-20)17(24)15-28-19-21-9-5-10-22-19/h5,9-10,16H,2-4,6-8,11-15H2,1H3/t16-/m1/s1. The summed E-state index contributed by atoms with van der Waals surface area (Å²) < 4.78 is 11.3. The van der Waals surface area contributed by atoms with E-state index in [1.165, 1.54) is 11.8 Å². The Morgan fingerprint density at radius 3 is 2.68 bits per heavy atom. The first kappa shape index (κ1) is 21.0. The predicted molar refractivity (Wildman–Crippen MR) is 106 cm³/mol. The van der Waals surface area contributed by atoms with Gasteiger partial charge in [-0.1, -0.05) is 11.8 Å². The van der Waals surface area contributed by atoms with Crippen LogP contribution in [0, 0.1) is 5.41 Å². The van der Waals surface area contributed by atoms with Gasteiger partial charge in [-0.25, -0.2) is 9.97 Å². The van der Waals surface area contributed by atoms with E-state index in [0.717, 1.165) is 25.9 Å². The number of hydrogen-bond acceptors (Lipinski definition) is 7. The smallest absolute Gasteiger partial charge is 0.312 e. The van der Waals surface area contributed by atoms with E-state index >= 15 is 0 Å². The lowest BCUT2D eigenvalue weighted by Gasteiger charge is -2.42. The summed E-state index contributed by atoms with van der Waals surface area (Å²) in [6.07, 6.45) is 8.64. The molecular weight excluding hydrogens is 378 g/mol. The Balaban J connectivity index is 1.56. The Bertz CT molecular complexity index is 644. The Hall–Kier alpha value is -1.67. The Labute approximate surface area is 170 Å². The number of rotatable bonds is 7. The van der Waals surface area contributed by atoms with Crippen LogP contribution in [0.3, 0.4) is 0 Å². The lowest BCUT2D eigenvalue weighted by molar-refractivity contribution is -0.164. The van der Waals surface area contributed by atoms with Gasteiger partial charge in [0.05, 0.1) is 23.9 Å². The van der Waals surface area contributed by atoms with Crippen molar-refractivity contribution in [2.75, 3.05) is 32.1 Å². The van der Waals surface area contributed by atoms with Crippen LogP contribution in [-0.2, 0) is 19.1 Å². The topological polar surface area (TPSA) is 81.6 Å². The van der Waals surface area contributed by atoms with Crippen LogP contribution in [0.4, 0.5) is 0 Å². The molecule has 0 spiro atoms. The number of nitrogens with zero attached hydrogens (tertiary/aromatic N) is 3. The maximum Gasteiger partial charge on any atom is 0.312 e. The minimum absolute atomic E-state index is 0.0591. The highest BCUT2D eigenvalue weighted by Gasteiger charge is 2.45. The van der Waals surface area contributed by atoms with Crippen molar-refractivity contribution < 1.29 is 19.1 Å². The first-order valence-electron chi connectivity index (χ1n) is 10.1. The quantitative estimate of drug-likeness (QED) is 0.390. The zero-order chi connectivity index (χ0) is 19.8. The minimum Gasteiger partial charge on any atom is -0.466 e. The van der Waals surface area contributed by atoms with Crippen molar-refractivity contribution >= 4 is 23.6 Å². The van der Waals surface area contributed by atoms with Gasteiger partial charge in [-0.3, -0.25) is 9.59 Å². The van der Waals surface area contributed by atoms with Crippen molar-refractivity contribution in [3.63, 3.8) is 0 Å². The summed E-state index contributed by atoms with van der Waals surface area (Å²) in [4.78, 5) is 35.5. The molecule has 0 unspecified atom stereocenters. The highest BCUT2D eigenvalue weighted by Crippen LogP contribution is 2.40. The van der Waals surface area contributed by atoms with Gasteiger partial charge in [-0.05, 0) is 51.5 Å². The third-order valence-electron chi connectivity index (χ3n) is 5.54. The average molecular weight is 408 g/mol. The number of carbonyl (C=O) groups excluding carboxylic acids is 2. The molecule has 0 saturated carbocycles. The molecule has 2 aliphatic rings. The molecule has 3 heterocycles. The monoisotopic (exact) mass is 407 g/mol. The summed E-state index contributed by atoms with van der Waals surface area (Å²) in [5.41, 5.74) is -0.537. The number of carbonyl (C=O) groups is 2. The molecule has 28 heavy (non-hydrogen) atoms. The fourth-order valence-corrected chi connectivity index (χ4v) is 4.65. The second kappa shape index (κ2) is 10.2. The molecule has 154 valence electrons. The number of thioether (sulfide) groups is 1. The van der Waals surface area contributed by atoms with Gasteiger partial charge in [0.25, 0.3) is 0 Å². The molecule has 8 heteroatoms. The SMILES string of the molecule is CCOC(=O)C1(C[C@H]2CCCCO2)CCN(C(=O)CSc2ncccn2)CC1. The number of likely N-dealkylation sites (tertiary alicyclic amines) is 1. The molecular formula is C20H29N3O4S. The molecule has 2 fully saturated rings. The van der Waals surface area contributed by atoms with E-state index in [4.69, 9.17) is 9.47 Å². The summed E-state index contributed by atoms with van der Waals surface area (Å²) in [6, 6.07) is 1.75. The van der Waals surface area contributed by atoms with E-state index in [1.807, 2.05) is 11.8 Å². The number of amides is 1. The van der Waals surface area contributed by atoms with Gasteiger partial charge in [0, 0.05) is 32.1 Å². The van der Waals surface area contributed by atoms with Crippen molar-refractivity contribution in [3.8, 4) is 0 Å². The number of hydrogen-bond donors (Lipinski definition) is 0. The molecule has 0 bridgehead atoms. The van der Waals surface area contributed by atoms with Crippen LogP contribution in [0.25, 0.3) is 0 Å². The molecule has 1 amide bonds. The van der Waals surface area contributed by atoms with Crippen LogP contribution in [0.1, 0.15) is 45.4 Å². The maximum atomic E-state index is 12.8. The summed E-state index contributed by atoms with van der Waals surface area (Å²) in [6.45, 7) is 4.13. The van der Waals surface area contributed by atoms with Crippen molar-refractivity contribution in [1.82, 2.24) is 14.9 Å². The van der Waals surface area contributed by atoms with E-state index in [0.29, 0.717) is 49.9 Å². The lowest BCUT2D eigenvalue weighted by atomic mass is 9.73. The molecule has 1 aromatic heterocycles. The summed E-state index contributed by atoms with van der Waals surface area (Å²) in [5.74, 6) is 0.231. The number of piperidine rings is 1. The van der Waals surface area contributed by atoms with Crippen LogP contribution in [0.5, 0.6) is 0 Å². The summed E-state index contributed by atoms with van der Waals surface area (Å²) in [5, 5.41) is 0.600. The number of ether oxygens (including phenoxy) is 2. The Morgan fingerprint density at radius 2 is 2.04 bits per heavy atom. The highest BCUT2D eigenvalue weighted by atomic mass is 32.2. The van der Waals surface area contributed by atoms with Gasteiger partial charge in [-0.15, -0.1) is 0 Å². The van der Waals surface area contributed by atoms with Gasteiger partial charge >= 0.3 is 5.97 Å². The summed E-state index contributed by atoms with van der Waals surface area (Å²) >= 11 is 1.34. The van der Waals surface area contributed by atoms with Gasteiger partial charge < -0.3 is 14.4 Å². The maximum absolute atomic E-state index is 12.8. The van der Waals surface area contributed by atoms with Gasteiger partial charge in [-0.2, -0.15) is 0 Å². The van der Waals surface area contributed by atoms with E-state index in [2.05, 4.69) is 9.97 Å². The van der Waals surface area contributed by atoms with Crippen molar-refractivity contribution in [3.05, 3.63) is 18.5 Å². The van der Waals surface area contributed by atoms with Crippen molar-refractivity contribution in [2.45, 2.75) is 56.7 Å². The molecule has 0 aromatic carbocycles. The Morgan fingerprint density at radius 1 is 1.29 bits per heavy atom. The molecule has 0 radical (unpaired) electrons. The zero-order valence-corrected chi connectivity index (χ0v) is 17.3. The van der Waals surface area contributed by atoms with Crippen LogP contribution >= 0.6 is 11.8 Å². The number of esters is 1. The lowest BCUT2D eigenvalue weighted by Crippen LogP contribution is -2.49. The second-order valence-corrected chi connectivity index (χ2v) is 8.34. The fraction of sp³-hybridized carbons (Fsp3) is 0.700. The zero-order valence-electron chi connectivity index (χ0n) is 16.5. The van der Waals surface area contributed by atoms with Gasteiger partial charge in [0.15, 0.2) is 5.16 Å². The normalized spacial score (nSPS) is 21.9. The Kier molecular flexibility index (Phi) is 7.67. The second-order valence-electron chi connectivity index (χ2n) is 7.39. The minimum atomic E-state index is -0.537. The highest BCUT2D eigenvalue weighted by molar-refractivity contribution is 7.99. The largest absolute Gasteiger partial charge is 0.466 e. The van der Waals surface area contributed by atoms with Crippen LogP contribution < -0.4 is 0 Å². The first-order chi connectivity index (χ1) is 13.6. The van der Waals surface area contributed by atoms with Gasteiger partial charge in [0.2, 0.25) is 5.91 Å². The van der Waals surface area contributed by atoms with E-state index < -0.39 is 5.41 Å². The van der Waals surface area contributed by atoms with E-state index in [9.17, 15) is 9.59 Å². The third-order valence-corrected chi connectivity index (χ3v) is 6.40. The fourth-order valence-electron chi connectivity index (χ4n) is 3.94. The van der Waals surface area contributed by atoms with Gasteiger partial charge in [0.1, 0.15) is 0 Å². The molecule has 0 N–H and O–H groups in total. The molecule has 1 atom stereocenters. The van der Waals surface area contributed by atoms with Crippen LogP contribution in [0.2, 0.25) is 0 Å². The molecule has 3 rings (SSSR count). The summed E-state index contributed by atoms with van der Waals surface area (Å²) in [7, 11) is 0. The molecule has 1 aromatic rings. The molecule has 7 nitrogen and oxygen atoms in total. The van der Waals surface area contributed by atoms with Crippen LogP contribution in [0.15, 0.2) is 23.6 Å². The molecule has 0 aliphatic carbocycles. The predicted octanol–water partition coefficient (Wildman–Crippen LogP) is 2.70. The number of aromatic nitrogens is 2. The van der Waals surface area contributed by atoms with Crippen molar-refractivity contribution in [1.29, 1.82) is 0 Å². The van der Waals surface area contributed by atoms with Crippen LogP contribution in [-0.4, -0.2) is 64.9 Å². The molecule has 2 aliphatic heterocycles. The van der Waals surface area contributed by atoms with E-state index in [-0.39, 0.29) is 18.0 Å².